The fourth-order valence-corrected chi connectivity index (χ4v) is 3.70. The summed E-state index contributed by atoms with van der Waals surface area (Å²) in [4.78, 5) is 15.1. The second-order valence-corrected chi connectivity index (χ2v) is 6.67. The lowest BCUT2D eigenvalue weighted by atomic mass is 9.78. The van der Waals surface area contributed by atoms with Crippen molar-refractivity contribution in [2.75, 3.05) is 25.0 Å². The van der Waals surface area contributed by atoms with Crippen LogP contribution in [-0.4, -0.2) is 26.0 Å². The Balaban J connectivity index is 1.61. The number of para-hydroxylation sites is 1. The summed E-state index contributed by atoms with van der Waals surface area (Å²) in [5.41, 5.74) is 2.01. The van der Waals surface area contributed by atoms with E-state index in [9.17, 15) is 4.79 Å². The third kappa shape index (κ3) is 3.45. The maximum atomic E-state index is 13.0. The lowest BCUT2D eigenvalue weighted by Crippen LogP contribution is -2.44. The molecule has 0 radical (unpaired) electrons. The Kier molecular flexibility index (Phi) is 5.19. The minimum Gasteiger partial charge on any atom is -0.373 e. The highest BCUT2D eigenvalue weighted by molar-refractivity contribution is 5.88. The zero-order valence-corrected chi connectivity index (χ0v) is 14.4. The van der Waals surface area contributed by atoms with Crippen molar-refractivity contribution in [3.05, 3.63) is 66.2 Å². The number of nitrogens with zero attached hydrogens (tertiary/aromatic N) is 1. The summed E-state index contributed by atoms with van der Waals surface area (Å²) >= 11 is 0. The summed E-state index contributed by atoms with van der Waals surface area (Å²) in [6, 6.07) is 20.5. The minimum absolute atomic E-state index is 0.188. The van der Waals surface area contributed by atoms with E-state index in [0.717, 1.165) is 37.8 Å². The topological polar surface area (TPSA) is 32.3 Å². The molecule has 3 nitrogen and oxygen atoms in total. The summed E-state index contributed by atoms with van der Waals surface area (Å²) < 4.78 is 0. The van der Waals surface area contributed by atoms with Crippen LogP contribution in [0.5, 0.6) is 0 Å². The van der Waals surface area contributed by atoms with Crippen LogP contribution in [0.4, 0.5) is 5.69 Å². The largest absolute Gasteiger partial charge is 0.373 e. The number of hydrogen-bond acceptors (Lipinski definition) is 2. The van der Waals surface area contributed by atoms with Gasteiger partial charge in [-0.2, -0.15) is 0 Å². The zero-order chi connectivity index (χ0) is 16.8. The minimum atomic E-state index is -0.327. The zero-order valence-electron chi connectivity index (χ0n) is 14.4. The lowest BCUT2D eigenvalue weighted by molar-refractivity contribution is -0.126. The van der Waals surface area contributed by atoms with E-state index in [-0.39, 0.29) is 11.3 Å². The standard InChI is InChI=1S/C21H26N2O/c1-23(19-12-6-3-7-13-19)17-16-22-20(24)21(14-8-9-15-21)18-10-4-2-5-11-18/h2-7,10-13H,8-9,14-17H2,1H3,(H,22,24). The van der Waals surface area contributed by atoms with Crippen LogP contribution in [0.3, 0.4) is 0 Å². The predicted molar refractivity (Wildman–Crippen MR) is 99.3 cm³/mol. The highest BCUT2D eigenvalue weighted by atomic mass is 16.2. The van der Waals surface area contributed by atoms with Crippen molar-refractivity contribution < 1.29 is 4.79 Å². The molecule has 0 saturated heterocycles. The Morgan fingerprint density at radius 1 is 1.00 bits per heavy atom. The van der Waals surface area contributed by atoms with E-state index in [1.165, 1.54) is 5.69 Å². The van der Waals surface area contributed by atoms with E-state index in [2.05, 4.69) is 41.5 Å². The lowest BCUT2D eigenvalue weighted by Gasteiger charge is -2.29. The first kappa shape index (κ1) is 16.6. The molecule has 1 saturated carbocycles. The molecular formula is C21H26N2O. The highest BCUT2D eigenvalue weighted by Gasteiger charge is 2.42. The van der Waals surface area contributed by atoms with Crippen LogP contribution in [-0.2, 0) is 10.2 Å². The Hall–Kier alpha value is -2.29. The molecule has 0 bridgehead atoms. The van der Waals surface area contributed by atoms with Crippen molar-refractivity contribution >= 4 is 11.6 Å². The molecule has 1 aliphatic carbocycles. The van der Waals surface area contributed by atoms with Gasteiger partial charge in [-0.15, -0.1) is 0 Å². The molecule has 126 valence electrons. The van der Waals surface area contributed by atoms with Gasteiger partial charge < -0.3 is 10.2 Å². The van der Waals surface area contributed by atoms with Gasteiger partial charge in [0, 0.05) is 25.8 Å². The van der Waals surface area contributed by atoms with Crippen LogP contribution in [0.25, 0.3) is 0 Å². The molecule has 24 heavy (non-hydrogen) atoms. The van der Waals surface area contributed by atoms with Gasteiger partial charge in [-0.1, -0.05) is 61.4 Å². The average Bonchev–Trinajstić information content (AvgIpc) is 3.14. The molecule has 2 aromatic rings. The van der Waals surface area contributed by atoms with Gasteiger partial charge in [0.15, 0.2) is 0 Å². The maximum absolute atomic E-state index is 13.0. The Morgan fingerprint density at radius 3 is 2.21 bits per heavy atom. The van der Waals surface area contributed by atoms with E-state index in [1.54, 1.807) is 0 Å². The van der Waals surface area contributed by atoms with Crippen molar-refractivity contribution in [1.29, 1.82) is 0 Å². The second kappa shape index (κ2) is 7.52. The van der Waals surface area contributed by atoms with Crippen LogP contribution in [0, 0.1) is 0 Å². The number of carbonyl (C=O) groups excluding carboxylic acids is 1. The molecule has 3 rings (SSSR count). The number of carbonyl (C=O) groups is 1. The number of nitrogens with one attached hydrogen (secondary N) is 1. The van der Waals surface area contributed by atoms with Crippen molar-refractivity contribution in [3.63, 3.8) is 0 Å². The maximum Gasteiger partial charge on any atom is 0.230 e. The molecule has 1 amide bonds. The fourth-order valence-electron chi connectivity index (χ4n) is 3.70. The number of benzene rings is 2. The smallest absolute Gasteiger partial charge is 0.230 e. The molecule has 1 aliphatic rings. The van der Waals surface area contributed by atoms with Gasteiger partial charge in [0.1, 0.15) is 0 Å². The summed E-state index contributed by atoms with van der Waals surface area (Å²) in [7, 11) is 2.06. The summed E-state index contributed by atoms with van der Waals surface area (Å²) in [6.07, 6.45) is 4.17. The van der Waals surface area contributed by atoms with E-state index >= 15 is 0 Å². The van der Waals surface area contributed by atoms with E-state index < -0.39 is 0 Å². The molecule has 0 heterocycles. The molecule has 1 fully saturated rings. The third-order valence-electron chi connectivity index (χ3n) is 5.15. The van der Waals surface area contributed by atoms with Gasteiger partial charge in [0.2, 0.25) is 5.91 Å². The van der Waals surface area contributed by atoms with Gasteiger partial charge >= 0.3 is 0 Å². The molecule has 2 aromatic carbocycles. The predicted octanol–water partition coefficient (Wildman–Crippen LogP) is 3.75. The number of hydrogen-bond donors (Lipinski definition) is 1. The first-order valence-corrected chi connectivity index (χ1v) is 8.82. The fraction of sp³-hybridized carbons (Fsp3) is 0.381. The average molecular weight is 322 g/mol. The second-order valence-electron chi connectivity index (χ2n) is 6.67. The van der Waals surface area contributed by atoms with Crippen molar-refractivity contribution in [3.8, 4) is 0 Å². The number of anilines is 1. The third-order valence-corrected chi connectivity index (χ3v) is 5.15. The molecule has 0 aromatic heterocycles. The van der Waals surface area contributed by atoms with Gasteiger partial charge in [-0.3, -0.25) is 4.79 Å². The summed E-state index contributed by atoms with van der Waals surface area (Å²) in [6.45, 7) is 1.47. The van der Waals surface area contributed by atoms with Gasteiger partial charge in [0.25, 0.3) is 0 Å². The van der Waals surface area contributed by atoms with Crippen LogP contribution in [0.15, 0.2) is 60.7 Å². The SMILES string of the molecule is CN(CCNC(=O)C1(c2ccccc2)CCCC1)c1ccccc1. The van der Waals surface area contributed by atoms with E-state index in [4.69, 9.17) is 0 Å². The Labute approximate surface area is 144 Å². The molecule has 0 spiro atoms. The summed E-state index contributed by atoms with van der Waals surface area (Å²) in [5.74, 6) is 0.188. The quantitative estimate of drug-likeness (QED) is 0.878. The summed E-state index contributed by atoms with van der Waals surface area (Å²) in [5, 5.41) is 3.18. The first-order chi connectivity index (χ1) is 11.7. The van der Waals surface area contributed by atoms with E-state index in [0.29, 0.717) is 6.54 Å². The van der Waals surface area contributed by atoms with Gasteiger partial charge in [-0.05, 0) is 30.5 Å². The number of likely N-dealkylation sites (N-methyl/N-ethyl adjacent to an activating group) is 1. The van der Waals surface area contributed by atoms with Gasteiger partial charge in [-0.25, -0.2) is 0 Å². The number of rotatable bonds is 6. The number of amides is 1. The van der Waals surface area contributed by atoms with Gasteiger partial charge in [0.05, 0.1) is 5.41 Å². The molecule has 1 N–H and O–H groups in total. The van der Waals surface area contributed by atoms with Crippen molar-refractivity contribution in [2.24, 2.45) is 0 Å². The Morgan fingerprint density at radius 2 is 1.58 bits per heavy atom. The van der Waals surface area contributed by atoms with Crippen LogP contribution in [0.1, 0.15) is 31.2 Å². The molecule has 3 heteroatoms. The van der Waals surface area contributed by atoms with Crippen LogP contribution >= 0.6 is 0 Å². The first-order valence-electron chi connectivity index (χ1n) is 8.82. The van der Waals surface area contributed by atoms with Crippen LogP contribution < -0.4 is 10.2 Å². The van der Waals surface area contributed by atoms with Crippen molar-refractivity contribution in [2.45, 2.75) is 31.1 Å². The molecule has 0 aliphatic heterocycles. The van der Waals surface area contributed by atoms with Crippen molar-refractivity contribution in [1.82, 2.24) is 5.32 Å². The molecular weight excluding hydrogens is 296 g/mol. The molecule has 0 unspecified atom stereocenters. The van der Waals surface area contributed by atoms with E-state index in [1.807, 2.05) is 36.4 Å². The monoisotopic (exact) mass is 322 g/mol. The van der Waals surface area contributed by atoms with Crippen LogP contribution in [0.2, 0.25) is 0 Å². The highest BCUT2D eigenvalue weighted by Crippen LogP contribution is 2.41. The molecule has 0 atom stereocenters. The normalized spacial score (nSPS) is 15.9. The Bertz CT molecular complexity index is 648.